The molecule has 6 heteroatoms. The first-order valence-electron chi connectivity index (χ1n) is 7.46. The van der Waals surface area contributed by atoms with Gasteiger partial charge in [-0.15, -0.1) is 11.3 Å². The third-order valence-corrected chi connectivity index (χ3v) is 5.15. The number of nitrogens with one attached hydrogen (secondary N) is 1. The first kappa shape index (κ1) is 14.5. The van der Waals surface area contributed by atoms with Gasteiger partial charge in [0, 0.05) is 17.3 Å². The van der Waals surface area contributed by atoms with E-state index in [1.54, 1.807) is 11.3 Å². The maximum Gasteiger partial charge on any atom is 0.226 e. The molecular formula is C15H21N3O2S. The number of aromatic nitrogens is 2. The van der Waals surface area contributed by atoms with Crippen LogP contribution in [0.2, 0.25) is 0 Å². The fourth-order valence-electron chi connectivity index (χ4n) is 3.12. The van der Waals surface area contributed by atoms with Crippen LogP contribution < -0.4 is 5.32 Å². The third kappa shape index (κ3) is 2.96. The molecule has 0 aliphatic heterocycles. The van der Waals surface area contributed by atoms with Gasteiger partial charge >= 0.3 is 0 Å². The molecule has 2 N–H and O–H groups in total. The number of thiazole rings is 1. The van der Waals surface area contributed by atoms with Crippen molar-refractivity contribution in [3.05, 3.63) is 23.0 Å². The Morgan fingerprint density at radius 3 is 2.95 bits per heavy atom. The van der Waals surface area contributed by atoms with Crippen molar-refractivity contribution in [2.45, 2.75) is 51.0 Å². The maximum absolute atomic E-state index is 12.3. The summed E-state index contributed by atoms with van der Waals surface area (Å²) >= 11 is 1.55. The van der Waals surface area contributed by atoms with E-state index in [-0.39, 0.29) is 12.5 Å². The lowest BCUT2D eigenvalue weighted by Gasteiger charge is -2.36. The second kappa shape index (κ2) is 5.77. The molecule has 1 aliphatic rings. The van der Waals surface area contributed by atoms with E-state index in [0.29, 0.717) is 6.42 Å². The number of amides is 1. The fourth-order valence-corrected chi connectivity index (χ4v) is 4.04. The SMILES string of the molecule is Cc1cn2c(CC(=O)NC3(CO)CCCCC3)csc2n1. The quantitative estimate of drug-likeness (QED) is 0.908. The Bertz CT molecular complexity index is 640. The minimum atomic E-state index is -0.407. The molecule has 0 unspecified atom stereocenters. The average molecular weight is 307 g/mol. The van der Waals surface area contributed by atoms with E-state index in [0.717, 1.165) is 42.0 Å². The van der Waals surface area contributed by atoms with Crippen LogP contribution in [0.1, 0.15) is 43.5 Å². The van der Waals surface area contributed by atoms with Crippen LogP contribution in [0, 0.1) is 6.92 Å². The van der Waals surface area contributed by atoms with Gasteiger partial charge in [-0.2, -0.15) is 0 Å². The Hall–Kier alpha value is -1.40. The number of fused-ring (bicyclic) bond motifs is 1. The van der Waals surface area contributed by atoms with Crippen molar-refractivity contribution in [2.75, 3.05) is 6.61 Å². The number of hydrogen-bond donors (Lipinski definition) is 2. The highest BCUT2D eigenvalue weighted by atomic mass is 32.1. The smallest absolute Gasteiger partial charge is 0.226 e. The molecule has 1 amide bonds. The van der Waals surface area contributed by atoms with Crippen LogP contribution in [0.4, 0.5) is 0 Å². The Morgan fingerprint density at radius 2 is 2.24 bits per heavy atom. The Labute approximate surface area is 128 Å². The van der Waals surface area contributed by atoms with Crippen molar-refractivity contribution in [3.8, 4) is 0 Å². The van der Waals surface area contributed by atoms with E-state index in [1.165, 1.54) is 6.42 Å². The molecule has 0 radical (unpaired) electrons. The summed E-state index contributed by atoms with van der Waals surface area (Å²) in [5.41, 5.74) is 1.51. The highest BCUT2D eigenvalue weighted by Gasteiger charge is 2.32. The molecule has 0 atom stereocenters. The lowest BCUT2D eigenvalue weighted by atomic mass is 9.82. The van der Waals surface area contributed by atoms with Crippen LogP contribution in [0.5, 0.6) is 0 Å². The molecule has 2 aromatic rings. The minimum Gasteiger partial charge on any atom is -0.394 e. The number of carbonyl (C=O) groups excluding carboxylic acids is 1. The van der Waals surface area contributed by atoms with Crippen molar-refractivity contribution in [2.24, 2.45) is 0 Å². The zero-order chi connectivity index (χ0) is 14.9. The number of aliphatic hydroxyl groups excluding tert-OH is 1. The summed E-state index contributed by atoms with van der Waals surface area (Å²) in [5.74, 6) is -0.0167. The summed E-state index contributed by atoms with van der Waals surface area (Å²) in [6, 6.07) is 0. The lowest BCUT2D eigenvalue weighted by molar-refractivity contribution is -0.123. The number of aryl methyl sites for hydroxylation is 1. The first-order chi connectivity index (χ1) is 10.1. The Balaban J connectivity index is 1.70. The van der Waals surface area contributed by atoms with E-state index < -0.39 is 5.54 Å². The fraction of sp³-hybridized carbons (Fsp3) is 0.600. The monoisotopic (exact) mass is 307 g/mol. The van der Waals surface area contributed by atoms with Crippen molar-refractivity contribution in [3.63, 3.8) is 0 Å². The molecule has 2 aromatic heterocycles. The first-order valence-corrected chi connectivity index (χ1v) is 8.34. The van der Waals surface area contributed by atoms with Gasteiger partial charge in [0.05, 0.1) is 24.3 Å². The number of imidazole rings is 1. The van der Waals surface area contributed by atoms with E-state index in [4.69, 9.17) is 0 Å². The second-order valence-electron chi connectivity index (χ2n) is 5.99. The summed E-state index contributed by atoms with van der Waals surface area (Å²) < 4.78 is 1.98. The van der Waals surface area contributed by atoms with E-state index in [9.17, 15) is 9.90 Å². The van der Waals surface area contributed by atoms with Crippen molar-refractivity contribution >= 4 is 22.2 Å². The molecule has 2 heterocycles. The van der Waals surface area contributed by atoms with Gasteiger partial charge in [0.25, 0.3) is 0 Å². The number of hydrogen-bond acceptors (Lipinski definition) is 4. The molecule has 3 rings (SSSR count). The zero-order valence-corrected chi connectivity index (χ0v) is 13.1. The number of rotatable bonds is 4. The minimum absolute atomic E-state index is 0.0167. The largest absolute Gasteiger partial charge is 0.394 e. The molecule has 21 heavy (non-hydrogen) atoms. The highest BCUT2D eigenvalue weighted by molar-refractivity contribution is 7.15. The summed E-state index contributed by atoms with van der Waals surface area (Å²) in [5, 5.41) is 14.7. The normalized spacial score (nSPS) is 18.0. The average Bonchev–Trinajstić information content (AvgIpc) is 3.00. The van der Waals surface area contributed by atoms with Crippen LogP contribution in [0.15, 0.2) is 11.6 Å². The summed E-state index contributed by atoms with van der Waals surface area (Å²) in [4.78, 5) is 17.7. The molecule has 0 aromatic carbocycles. The molecule has 0 bridgehead atoms. The lowest BCUT2D eigenvalue weighted by Crippen LogP contribution is -2.53. The number of aliphatic hydroxyl groups is 1. The standard InChI is InChI=1S/C15H21N3O2S/c1-11-8-18-12(9-21-14(18)16-11)7-13(20)17-15(10-19)5-3-2-4-6-15/h8-9,19H,2-7,10H2,1H3,(H,17,20). The van der Waals surface area contributed by atoms with Gasteiger partial charge in [0.2, 0.25) is 5.91 Å². The summed E-state index contributed by atoms with van der Waals surface area (Å²) in [6.07, 6.45) is 7.37. The van der Waals surface area contributed by atoms with Crippen LogP contribution in [-0.4, -0.2) is 32.5 Å². The zero-order valence-electron chi connectivity index (χ0n) is 12.3. The molecule has 1 aliphatic carbocycles. The summed E-state index contributed by atoms with van der Waals surface area (Å²) in [7, 11) is 0. The second-order valence-corrected chi connectivity index (χ2v) is 6.82. The van der Waals surface area contributed by atoms with Gasteiger partial charge in [-0.1, -0.05) is 19.3 Å². The predicted molar refractivity (Wildman–Crippen MR) is 82.6 cm³/mol. The van der Waals surface area contributed by atoms with Gasteiger partial charge in [0.15, 0.2) is 4.96 Å². The topological polar surface area (TPSA) is 66.6 Å². The molecule has 0 spiro atoms. The predicted octanol–water partition coefficient (Wildman–Crippen LogP) is 2.06. The molecule has 114 valence electrons. The van der Waals surface area contributed by atoms with E-state index in [2.05, 4.69) is 10.3 Å². The highest BCUT2D eigenvalue weighted by Crippen LogP contribution is 2.28. The van der Waals surface area contributed by atoms with Crippen molar-refractivity contribution < 1.29 is 9.90 Å². The third-order valence-electron chi connectivity index (χ3n) is 4.26. The molecule has 0 saturated heterocycles. The van der Waals surface area contributed by atoms with Crippen molar-refractivity contribution in [1.82, 2.24) is 14.7 Å². The van der Waals surface area contributed by atoms with E-state index in [1.807, 2.05) is 22.9 Å². The van der Waals surface area contributed by atoms with Gasteiger partial charge < -0.3 is 10.4 Å². The Morgan fingerprint density at radius 1 is 1.48 bits per heavy atom. The van der Waals surface area contributed by atoms with Crippen LogP contribution in [-0.2, 0) is 11.2 Å². The number of carbonyl (C=O) groups is 1. The Kier molecular flexibility index (Phi) is 3.99. The molecular weight excluding hydrogens is 286 g/mol. The molecule has 5 nitrogen and oxygen atoms in total. The number of nitrogens with zero attached hydrogens (tertiary/aromatic N) is 2. The van der Waals surface area contributed by atoms with Crippen molar-refractivity contribution in [1.29, 1.82) is 0 Å². The van der Waals surface area contributed by atoms with Gasteiger partial charge in [-0.25, -0.2) is 4.98 Å². The van der Waals surface area contributed by atoms with E-state index >= 15 is 0 Å². The van der Waals surface area contributed by atoms with Crippen LogP contribution >= 0.6 is 11.3 Å². The molecule has 1 fully saturated rings. The van der Waals surface area contributed by atoms with Crippen LogP contribution in [0.25, 0.3) is 4.96 Å². The van der Waals surface area contributed by atoms with Gasteiger partial charge in [-0.3, -0.25) is 9.20 Å². The van der Waals surface area contributed by atoms with Crippen LogP contribution in [0.3, 0.4) is 0 Å². The van der Waals surface area contributed by atoms with Gasteiger partial charge in [0.1, 0.15) is 0 Å². The maximum atomic E-state index is 12.3. The summed E-state index contributed by atoms with van der Waals surface area (Å²) in [6.45, 7) is 1.98. The van der Waals surface area contributed by atoms with Gasteiger partial charge in [-0.05, 0) is 19.8 Å². The molecule has 1 saturated carbocycles.